The average Bonchev–Trinajstić information content (AvgIpc) is 2.04. The Hall–Kier alpha value is -0.640. The Kier molecular flexibility index (Phi) is 6.45. The van der Waals surface area contributed by atoms with Crippen molar-refractivity contribution in [3.8, 4) is 0 Å². The van der Waals surface area contributed by atoms with Gasteiger partial charge in [0.2, 0.25) is 0 Å². The van der Waals surface area contributed by atoms with Gasteiger partial charge in [-0.25, -0.2) is 0 Å². The normalized spacial score (nSPS) is 14.2. The summed E-state index contributed by atoms with van der Waals surface area (Å²) >= 11 is 0. The minimum Gasteiger partial charge on any atom is -0.393 e. The lowest BCUT2D eigenvalue weighted by Crippen LogP contribution is -2.27. The van der Waals surface area contributed by atoms with Crippen LogP contribution in [0.1, 0.15) is 19.0 Å². The molecule has 0 aliphatic rings. The summed E-state index contributed by atoms with van der Waals surface area (Å²) in [5.41, 5.74) is 6.79. The van der Waals surface area contributed by atoms with Crippen LogP contribution in [0.5, 0.6) is 0 Å². The van der Waals surface area contributed by atoms with E-state index in [4.69, 9.17) is 10.8 Å². The van der Waals surface area contributed by atoms with Crippen LogP contribution in [0.4, 0.5) is 0 Å². The van der Waals surface area contributed by atoms with Gasteiger partial charge in [0.1, 0.15) is 0 Å². The number of nitrogens with two attached hydrogens (primary N) is 1. The first-order valence-corrected chi connectivity index (χ1v) is 4.52. The molecule has 0 unspecified atom stereocenters. The van der Waals surface area contributed by atoms with Gasteiger partial charge in [0, 0.05) is 24.4 Å². The second-order valence-electron chi connectivity index (χ2n) is 3.37. The Labute approximate surface area is 90.8 Å². The molecule has 0 radical (unpaired) electrons. The summed E-state index contributed by atoms with van der Waals surface area (Å²) in [7, 11) is 0. The highest BCUT2D eigenvalue weighted by molar-refractivity contribution is 5.85. The van der Waals surface area contributed by atoms with E-state index in [1.54, 1.807) is 13.1 Å². The molecule has 1 aromatic heterocycles. The quantitative estimate of drug-likeness (QED) is 0.794. The summed E-state index contributed by atoms with van der Waals surface area (Å²) in [4.78, 5) is 4.16. The van der Waals surface area contributed by atoms with Crippen LogP contribution in [-0.2, 0) is 6.42 Å². The Morgan fingerprint density at radius 2 is 2.21 bits per heavy atom. The maximum Gasteiger partial charge on any atom is 0.0527 e. The molecule has 0 bridgehead atoms. The van der Waals surface area contributed by atoms with E-state index in [-0.39, 0.29) is 24.6 Å². The van der Waals surface area contributed by atoms with E-state index in [1.807, 2.05) is 18.2 Å². The number of aliphatic hydroxyl groups is 1. The fourth-order valence-corrected chi connectivity index (χ4v) is 1.31. The standard InChI is InChI=1S/C10H16N2O.ClH/c1-8(13)6-9(11)7-10-4-2-3-5-12-10;/h2-5,8-9,13H,6-7,11H2,1H3;1H/t8-,9+;/m1./s1. The molecule has 4 heteroatoms. The number of nitrogens with zero attached hydrogens (tertiary/aromatic N) is 1. The highest BCUT2D eigenvalue weighted by Gasteiger charge is 2.07. The molecule has 3 N–H and O–H groups in total. The van der Waals surface area contributed by atoms with Crippen LogP contribution in [0.3, 0.4) is 0 Å². The Morgan fingerprint density at radius 1 is 1.50 bits per heavy atom. The zero-order chi connectivity index (χ0) is 9.68. The molecule has 0 fully saturated rings. The van der Waals surface area contributed by atoms with E-state index < -0.39 is 0 Å². The molecule has 14 heavy (non-hydrogen) atoms. The molecule has 1 rings (SSSR count). The van der Waals surface area contributed by atoms with Crippen LogP contribution in [0.15, 0.2) is 24.4 Å². The lowest BCUT2D eigenvalue weighted by Gasteiger charge is -2.12. The molecule has 0 saturated heterocycles. The second-order valence-corrected chi connectivity index (χ2v) is 3.37. The fraction of sp³-hybridized carbons (Fsp3) is 0.500. The third kappa shape index (κ3) is 5.17. The van der Waals surface area contributed by atoms with Crippen LogP contribution in [0.25, 0.3) is 0 Å². The van der Waals surface area contributed by atoms with Gasteiger partial charge >= 0.3 is 0 Å². The number of rotatable bonds is 4. The van der Waals surface area contributed by atoms with E-state index in [2.05, 4.69) is 4.98 Å². The number of pyridine rings is 1. The van der Waals surface area contributed by atoms with Crippen molar-refractivity contribution in [2.45, 2.75) is 31.9 Å². The van der Waals surface area contributed by atoms with Gasteiger partial charge in [-0.1, -0.05) is 6.07 Å². The molecule has 2 atom stereocenters. The molecule has 80 valence electrons. The topological polar surface area (TPSA) is 59.1 Å². The SMILES string of the molecule is C[C@@H](O)C[C@H](N)Cc1ccccn1.Cl. The number of aromatic nitrogens is 1. The number of aliphatic hydroxyl groups excluding tert-OH is 1. The van der Waals surface area contributed by atoms with Crippen LogP contribution in [-0.4, -0.2) is 22.2 Å². The lowest BCUT2D eigenvalue weighted by molar-refractivity contribution is 0.174. The summed E-state index contributed by atoms with van der Waals surface area (Å²) in [6, 6.07) is 5.76. The molecule has 1 aromatic rings. The third-order valence-corrected chi connectivity index (χ3v) is 1.84. The van der Waals surface area contributed by atoms with E-state index in [0.717, 1.165) is 12.1 Å². The maximum atomic E-state index is 9.10. The molecule has 1 heterocycles. The van der Waals surface area contributed by atoms with Gasteiger partial charge in [-0.2, -0.15) is 0 Å². The summed E-state index contributed by atoms with van der Waals surface area (Å²) in [6.45, 7) is 1.75. The fourth-order valence-electron chi connectivity index (χ4n) is 1.31. The number of hydrogen-bond donors (Lipinski definition) is 2. The molecule has 0 saturated carbocycles. The molecule has 0 amide bonds. The zero-order valence-electron chi connectivity index (χ0n) is 8.26. The van der Waals surface area contributed by atoms with Crippen molar-refractivity contribution in [3.05, 3.63) is 30.1 Å². The minimum atomic E-state index is -0.335. The first kappa shape index (κ1) is 13.4. The summed E-state index contributed by atoms with van der Waals surface area (Å²) in [6.07, 6.45) is 2.77. The van der Waals surface area contributed by atoms with E-state index >= 15 is 0 Å². The Balaban J connectivity index is 0.00000169. The smallest absolute Gasteiger partial charge is 0.0527 e. The summed E-state index contributed by atoms with van der Waals surface area (Å²) < 4.78 is 0. The molecular weight excluding hydrogens is 200 g/mol. The van der Waals surface area contributed by atoms with Crippen LogP contribution in [0.2, 0.25) is 0 Å². The molecule has 0 aliphatic carbocycles. The first-order chi connectivity index (χ1) is 6.18. The molecule has 0 spiro atoms. The van der Waals surface area contributed by atoms with Gasteiger partial charge < -0.3 is 10.8 Å². The molecular formula is C10H17ClN2O. The van der Waals surface area contributed by atoms with Gasteiger partial charge in [0.15, 0.2) is 0 Å². The third-order valence-electron chi connectivity index (χ3n) is 1.84. The molecule has 0 aliphatic heterocycles. The van der Waals surface area contributed by atoms with Crippen LogP contribution >= 0.6 is 12.4 Å². The lowest BCUT2D eigenvalue weighted by atomic mass is 10.1. The van der Waals surface area contributed by atoms with Crippen molar-refractivity contribution in [2.24, 2.45) is 5.73 Å². The maximum absolute atomic E-state index is 9.10. The number of halogens is 1. The largest absolute Gasteiger partial charge is 0.393 e. The minimum absolute atomic E-state index is 0. The zero-order valence-corrected chi connectivity index (χ0v) is 9.07. The van der Waals surface area contributed by atoms with E-state index in [0.29, 0.717) is 6.42 Å². The van der Waals surface area contributed by atoms with Crippen molar-refractivity contribution in [3.63, 3.8) is 0 Å². The molecule has 0 aromatic carbocycles. The summed E-state index contributed by atoms with van der Waals surface area (Å²) in [5, 5.41) is 9.10. The number of hydrogen-bond acceptors (Lipinski definition) is 3. The average molecular weight is 217 g/mol. The van der Waals surface area contributed by atoms with Crippen molar-refractivity contribution in [1.82, 2.24) is 4.98 Å². The highest BCUT2D eigenvalue weighted by atomic mass is 35.5. The van der Waals surface area contributed by atoms with Crippen molar-refractivity contribution >= 4 is 12.4 Å². The van der Waals surface area contributed by atoms with Crippen molar-refractivity contribution in [2.75, 3.05) is 0 Å². The first-order valence-electron chi connectivity index (χ1n) is 4.52. The van der Waals surface area contributed by atoms with Crippen LogP contribution < -0.4 is 5.73 Å². The van der Waals surface area contributed by atoms with Gasteiger partial charge in [-0.05, 0) is 25.5 Å². The Bertz CT molecular complexity index is 241. The van der Waals surface area contributed by atoms with Gasteiger partial charge in [0.05, 0.1) is 6.10 Å². The van der Waals surface area contributed by atoms with Crippen molar-refractivity contribution in [1.29, 1.82) is 0 Å². The second kappa shape index (κ2) is 6.76. The van der Waals surface area contributed by atoms with Gasteiger partial charge in [-0.15, -0.1) is 12.4 Å². The highest BCUT2D eigenvalue weighted by Crippen LogP contribution is 2.02. The van der Waals surface area contributed by atoms with Gasteiger partial charge in [0.25, 0.3) is 0 Å². The van der Waals surface area contributed by atoms with Crippen molar-refractivity contribution < 1.29 is 5.11 Å². The predicted octanol–water partition coefficient (Wildman–Crippen LogP) is 1.14. The van der Waals surface area contributed by atoms with E-state index in [1.165, 1.54) is 0 Å². The predicted molar refractivity (Wildman–Crippen MR) is 59.5 cm³/mol. The Morgan fingerprint density at radius 3 is 2.71 bits per heavy atom. The van der Waals surface area contributed by atoms with E-state index in [9.17, 15) is 0 Å². The van der Waals surface area contributed by atoms with Gasteiger partial charge in [-0.3, -0.25) is 4.98 Å². The van der Waals surface area contributed by atoms with Crippen LogP contribution in [0, 0.1) is 0 Å². The monoisotopic (exact) mass is 216 g/mol. The summed E-state index contributed by atoms with van der Waals surface area (Å²) in [5.74, 6) is 0. The molecule has 3 nitrogen and oxygen atoms in total.